The number of nitrogens with one attached hydrogen (secondary N) is 1. The fraction of sp³-hybridized carbons (Fsp3) is 0.208. The number of hydrogen-bond acceptors (Lipinski definition) is 6. The molecule has 1 N–H and O–H groups in total. The number of hydrogen-bond donors (Lipinski definition) is 1. The van der Waals surface area contributed by atoms with E-state index >= 15 is 0 Å². The van der Waals surface area contributed by atoms with E-state index in [-0.39, 0.29) is 36.0 Å². The molecule has 8 nitrogen and oxygen atoms in total. The van der Waals surface area contributed by atoms with Gasteiger partial charge in [0.05, 0.1) is 30.8 Å². The number of amides is 1. The van der Waals surface area contributed by atoms with Crippen LogP contribution in [0.1, 0.15) is 0 Å². The zero-order chi connectivity index (χ0) is 25.0. The summed E-state index contributed by atoms with van der Waals surface area (Å²) in [6, 6.07) is 17.4. The molecule has 184 valence electrons. The molecule has 0 spiro atoms. The van der Waals surface area contributed by atoms with Crippen molar-refractivity contribution in [3.05, 3.63) is 76.8 Å². The van der Waals surface area contributed by atoms with Gasteiger partial charge in [-0.1, -0.05) is 23.2 Å². The molecule has 0 radical (unpaired) electrons. The number of sulfonamides is 1. The van der Waals surface area contributed by atoms with E-state index in [1.807, 2.05) is 0 Å². The molecule has 3 aromatic rings. The number of anilines is 1. The molecular weight excluding hydrogens is 515 g/mol. The van der Waals surface area contributed by atoms with Crippen LogP contribution in [0.3, 0.4) is 0 Å². The smallest absolute Gasteiger partial charge is 0.264 e. The Kier molecular flexibility index (Phi) is 7.59. The first-order valence-corrected chi connectivity index (χ1v) is 12.8. The minimum atomic E-state index is -4.02. The maximum atomic E-state index is 13.5. The van der Waals surface area contributed by atoms with Crippen molar-refractivity contribution in [1.82, 2.24) is 5.32 Å². The number of halogens is 2. The normalized spacial score (nSPS) is 15.1. The van der Waals surface area contributed by atoms with Crippen LogP contribution in [0, 0.1) is 0 Å². The minimum absolute atomic E-state index is 0.0432. The first-order valence-electron chi connectivity index (χ1n) is 10.6. The quantitative estimate of drug-likeness (QED) is 0.434. The number of rotatable bonds is 8. The summed E-state index contributed by atoms with van der Waals surface area (Å²) in [6.07, 6.45) is -1.08. The van der Waals surface area contributed by atoms with E-state index < -0.39 is 22.0 Å². The maximum absolute atomic E-state index is 13.5. The van der Waals surface area contributed by atoms with Crippen molar-refractivity contribution in [1.29, 1.82) is 0 Å². The minimum Gasteiger partial charge on any atom is -0.497 e. The summed E-state index contributed by atoms with van der Waals surface area (Å²) >= 11 is 12.0. The van der Waals surface area contributed by atoms with Crippen LogP contribution in [0.25, 0.3) is 0 Å². The van der Waals surface area contributed by atoms with Crippen LogP contribution in [0.4, 0.5) is 5.69 Å². The van der Waals surface area contributed by atoms with Crippen molar-refractivity contribution in [2.75, 3.05) is 31.1 Å². The molecule has 4 rings (SSSR count). The predicted octanol–water partition coefficient (Wildman–Crippen LogP) is 4.15. The molecule has 3 aromatic carbocycles. The monoisotopic (exact) mass is 536 g/mol. The summed E-state index contributed by atoms with van der Waals surface area (Å²) in [5, 5.41) is 3.65. The average Bonchev–Trinajstić information content (AvgIpc) is 2.86. The average molecular weight is 537 g/mol. The fourth-order valence-electron chi connectivity index (χ4n) is 3.45. The molecule has 1 atom stereocenters. The molecule has 0 saturated carbocycles. The third kappa shape index (κ3) is 5.75. The van der Waals surface area contributed by atoms with Crippen LogP contribution in [0.5, 0.6) is 17.2 Å². The van der Waals surface area contributed by atoms with Gasteiger partial charge >= 0.3 is 0 Å². The Bertz CT molecular complexity index is 1300. The standard InChI is InChI=1S/C24H22Cl2N2O6S/c1-32-18-7-9-20(10-8-18)35(30,31)28-15-23(34-22-11-4-17(26)14-21(22)28)24(29)27-12-13-33-19-5-2-16(25)3-6-19/h2-11,14,23H,12-13,15H2,1H3,(H,27,29). The molecule has 1 aliphatic rings. The van der Waals surface area contributed by atoms with Crippen LogP contribution < -0.4 is 23.8 Å². The highest BCUT2D eigenvalue weighted by atomic mass is 35.5. The van der Waals surface area contributed by atoms with Gasteiger partial charge in [-0.15, -0.1) is 0 Å². The van der Waals surface area contributed by atoms with Gasteiger partial charge in [0.2, 0.25) is 0 Å². The van der Waals surface area contributed by atoms with E-state index in [0.29, 0.717) is 21.5 Å². The second-order valence-electron chi connectivity index (χ2n) is 7.52. The lowest BCUT2D eigenvalue weighted by Gasteiger charge is -2.34. The Balaban J connectivity index is 1.49. The molecule has 1 aliphatic heterocycles. The summed E-state index contributed by atoms with van der Waals surface area (Å²) in [5.41, 5.74) is 0.253. The Labute approximate surface area is 213 Å². The lowest BCUT2D eigenvalue weighted by Crippen LogP contribution is -2.51. The summed E-state index contributed by atoms with van der Waals surface area (Å²) < 4.78 is 44.6. The molecule has 1 heterocycles. The molecule has 0 saturated heterocycles. The molecular formula is C24H22Cl2N2O6S. The third-order valence-electron chi connectivity index (χ3n) is 5.21. The highest BCUT2D eigenvalue weighted by Gasteiger charge is 2.37. The van der Waals surface area contributed by atoms with E-state index in [2.05, 4.69) is 5.32 Å². The number of ether oxygens (including phenoxy) is 3. The van der Waals surface area contributed by atoms with E-state index in [1.165, 1.54) is 31.4 Å². The van der Waals surface area contributed by atoms with Gasteiger partial charge in [-0.25, -0.2) is 8.42 Å². The number of carbonyl (C=O) groups excluding carboxylic acids is 1. The molecule has 0 aliphatic carbocycles. The number of carbonyl (C=O) groups is 1. The van der Waals surface area contributed by atoms with Crippen molar-refractivity contribution < 1.29 is 27.4 Å². The molecule has 11 heteroatoms. The van der Waals surface area contributed by atoms with E-state index in [1.54, 1.807) is 42.5 Å². The van der Waals surface area contributed by atoms with Gasteiger partial charge < -0.3 is 19.5 Å². The van der Waals surface area contributed by atoms with Crippen molar-refractivity contribution in [2.24, 2.45) is 0 Å². The van der Waals surface area contributed by atoms with Crippen LogP contribution in [-0.2, 0) is 14.8 Å². The van der Waals surface area contributed by atoms with Gasteiger partial charge in [0.25, 0.3) is 15.9 Å². The summed E-state index contributed by atoms with van der Waals surface area (Å²) in [7, 11) is -2.53. The summed E-state index contributed by atoms with van der Waals surface area (Å²) in [5.74, 6) is 0.892. The molecule has 1 unspecified atom stereocenters. The topological polar surface area (TPSA) is 94.2 Å². The van der Waals surface area contributed by atoms with Gasteiger partial charge in [-0.2, -0.15) is 0 Å². The first-order chi connectivity index (χ1) is 16.8. The zero-order valence-electron chi connectivity index (χ0n) is 18.6. The first kappa shape index (κ1) is 25.0. The lowest BCUT2D eigenvalue weighted by atomic mass is 10.2. The van der Waals surface area contributed by atoms with Gasteiger partial charge in [0.1, 0.15) is 23.9 Å². The van der Waals surface area contributed by atoms with Gasteiger partial charge in [0, 0.05) is 10.0 Å². The van der Waals surface area contributed by atoms with E-state index in [0.717, 1.165) is 4.31 Å². The molecule has 0 aromatic heterocycles. The highest BCUT2D eigenvalue weighted by molar-refractivity contribution is 7.92. The predicted molar refractivity (Wildman–Crippen MR) is 133 cm³/mol. The van der Waals surface area contributed by atoms with Gasteiger partial charge in [0.15, 0.2) is 6.10 Å². The van der Waals surface area contributed by atoms with Crippen molar-refractivity contribution in [3.8, 4) is 17.2 Å². The molecule has 0 fully saturated rings. The zero-order valence-corrected chi connectivity index (χ0v) is 20.9. The highest BCUT2D eigenvalue weighted by Crippen LogP contribution is 2.39. The number of fused-ring (bicyclic) bond motifs is 1. The van der Waals surface area contributed by atoms with Crippen molar-refractivity contribution >= 4 is 44.8 Å². The number of nitrogens with zero attached hydrogens (tertiary/aromatic N) is 1. The Hall–Kier alpha value is -3.14. The summed E-state index contributed by atoms with van der Waals surface area (Å²) in [4.78, 5) is 12.9. The molecule has 35 heavy (non-hydrogen) atoms. The SMILES string of the molecule is COc1ccc(S(=O)(=O)N2CC(C(=O)NCCOc3ccc(Cl)cc3)Oc3ccc(Cl)cc32)cc1. The van der Waals surface area contributed by atoms with Gasteiger partial charge in [-0.3, -0.25) is 9.10 Å². The van der Waals surface area contributed by atoms with E-state index in [4.69, 9.17) is 37.4 Å². The largest absolute Gasteiger partial charge is 0.497 e. The Morgan fingerprint density at radius 3 is 2.37 bits per heavy atom. The molecule has 0 bridgehead atoms. The van der Waals surface area contributed by atoms with Crippen LogP contribution in [0.2, 0.25) is 10.0 Å². The number of benzene rings is 3. The summed E-state index contributed by atoms with van der Waals surface area (Å²) in [6.45, 7) is 0.172. The van der Waals surface area contributed by atoms with Crippen LogP contribution >= 0.6 is 23.2 Å². The number of methoxy groups -OCH3 is 1. The second-order valence-corrected chi connectivity index (χ2v) is 10.3. The van der Waals surface area contributed by atoms with Crippen molar-refractivity contribution in [3.63, 3.8) is 0 Å². The fourth-order valence-corrected chi connectivity index (χ4v) is 5.21. The second kappa shape index (κ2) is 10.6. The lowest BCUT2D eigenvalue weighted by molar-refractivity contribution is -0.127. The molecule has 1 amide bonds. The van der Waals surface area contributed by atoms with Crippen molar-refractivity contribution in [2.45, 2.75) is 11.0 Å². The van der Waals surface area contributed by atoms with Crippen LogP contribution in [0.15, 0.2) is 71.6 Å². The Morgan fingerprint density at radius 2 is 1.69 bits per heavy atom. The maximum Gasteiger partial charge on any atom is 0.264 e. The van der Waals surface area contributed by atoms with Gasteiger partial charge in [-0.05, 0) is 66.7 Å². The third-order valence-corrected chi connectivity index (χ3v) is 7.50. The Morgan fingerprint density at radius 1 is 1.03 bits per heavy atom. The van der Waals surface area contributed by atoms with E-state index in [9.17, 15) is 13.2 Å². The van der Waals surface area contributed by atoms with Crippen LogP contribution in [-0.4, -0.2) is 47.2 Å².